The zero-order valence-corrected chi connectivity index (χ0v) is 15.8. The van der Waals surface area contributed by atoms with Gasteiger partial charge in [0.1, 0.15) is 18.2 Å². The fourth-order valence-corrected chi connectivity index (χ4v) is 2.84. The molecular weight excluding hydrogens is 388 g/mol. The lowest BCUT2D eigenvalue weighted by atomic mass is 10.2. The quantitative estimate of drug-likeness (QED) is 0.492. The highest BCUT2D eigenvalue weighted by molar-refractivity contribution is 6.04. The molecule has 0 saturated heterocycles. The Morgan fingerprint density at radius 2 is 1.70 bits per heavy atom. The van der Waals surface area contributed by atoms with Crippen molar-refractivity contribution in [2.45, 2.75) is 6.61 Å². The number of hydrogen-bond acceptors (Lipinski definition) is 3. The van der Waals surface area contributed by atoms with Gasteiger partial charge in [0.25, 0.3) is 5.91 Å². The normalized spacial score (nSPS) is 10.6. The first-order chi connectivity index (χ1) is 14.6. The molecule has 0 aliphatic heterocycles. The number of rotatable bonds is 6. The summed E-state index contributed by atoms with van der Waals surface area (Å²) in [5.74, 6) is -1.15. The van der Waals surface area contributed by atoms with Crippen molar-refractivity contribution in [3.8, 4) is 11.4 Å². The molecule has 1 N–H and O–H groups in total. The molecule has 0 aliphatic rings. The van der Waals surface area contributed by atoms with Gasteiger partial charge in [0.2, 0.25) is 0 Å². The summed E-state index contributed by atoms with van der Waals surface area (Å²) >= 11 is 0. The number of amides is 1. The Morgan fingerprint density at radius 1 is 0.933 bits per heavy atom. The van der Waals surface area contributed by atoms with Crippen molar-refractivity contribution in [3.63, 3.8) is 0 Å². The number of ether oxygens (including phenoxy) is 1. The lowest BCUT2D eigenvalue weighted by molar-refractivity contribution is 0.101. The molecule has 0 radical (unpaired) electrons. The van der Waals surface area contributed by atoms with Gasteiger partial charge >= 0.3 is 0 Å². The third-order valence-corrected chi connectivity index (χ3v) is 4.31. The molecule has 0 spiro atoms. The number of halogens is 2. The van der Waals surface area contributed by atoms with Crippen LogP contribution in [-0.2, 0) is 6.61 Å². The molecule has 3 aromatic carbocycles. The first-order valence-electron chi connectivity index (χ1n) is 9.18. The zero-order chi connectivity index (χ0) is 20.9. The molecule has 4 aromatic rings. The lowest BCUT2D eigenvalue weighted by Gasteiger charge is -2.07. The SMILES string of the molecule is O=C(Nc1cccc(F)c1)c1nn(-c2ccc(F)cc2)cc1OCc1ccccc1. The monoisotopic (exact) mass is 405 g/mol. The minimum Gasteiger partial charge on any atom is -0.485 e. The van der Waals surface area contributed by atoms with Crippen LogP contribution in [-0.4, -0.2) is 15.7 Å². The van der Waals surface area contributed by atoms with Gasteiger partial charge in [-0.1, -0.05) is 36.4 Å². The van der Waals surface area contributed by atoms with Crippen molar-refractivity contribution in [1.82, 2.24) is 9.78 Å². The number of carbonyl (C=O) groups is 1. The molecule has 150 valence electrons. The molecule has 5 nitrogen and oxygen atoms in total. The average Bonchev–Trinajstić information content (AvgIpc) is 3.18. The van der Waals surface area contributed by atoms with Crippen LogP contribution in [0.15, 0.2) is 85.1 Å². The van der Waals surface area contributed by atoms with E-state index in [2.05, 4.69) is 10.4 Å². The fraction of sp³-hybridized carbons (Fsp3) is 0.0435. The minimum absolute atomic E-state index is 0.0273. The topological polar surface area (TPSA) is 56.2 Å². The van der Waals surface area contributed by atoms with Crippen LogP contribution in [0.25, 0.3) is 5.69 Å². The Balaban J connectivity index is 1.63. The second kappa shape index (κ2) is 8.57. The number of nitrogens with zero attached hydrogens (tertiary/aromatic N) is 2. The Morgan fingerprint density at radius 3 is 2.43 bits per heavy atom. The van der Waals surface area contributed by atoms with Crippen LogP contribution in [0.2, 0.25) is 0 Å². The van der Waals surface area contributed by atoms with Crippen molar-refractivity contribution in [2.75, 3.05) is 5.32 Å². The van der Waals surface area contributed by atoms with Crippen molar-refractivity contribution < 1.29 is 18.3 Å². The van der Waals surface area contributed by atoms with E-state index in [9.17, 15) is 13.6 Å². The van der Waals surface area contributed by atoms with Crippen molar-refractivity contribution in [1.29, 1.82) is 0 Å². The van der Waals surface area contributed by atoms with Crippen molar-refractivity contribution in [2.24, 2.45) is 0 Å². The van der Waals surface area contributed by atoms with Crippen LogP contribution >= 0.6 is 0 Å². The Kier molecular flexibility index (Phi) is 5.52. The predicted molar refractivity (Wildman–Crippen MR) is 109 cm³/mol. The Hall–Kier alpha value is -4.00. The summed E-state index contributed by atoms with van der Waals surface area (Å²) in [5.41, 5.74) is 1.80. The van der Waals surface area contributed by atoms with Crippen molar-refractivity contribution >= 4 is 11.6 Å². The second-order valence-electron chi connectivity index (χ2n) is 6.50. The number of aromatic nitrogens is 2. The third kappa shape index (κ3) is 4.52. The van der Waals surface area contributed by atoms with E-state index >= 15 is 0 Å². The van der Waals surface area contributed by atoms with Crippen LogP contribution in [0.1, 0.15) is 16.1 Å². The summed E-state index contributed by atoms with van der Waals surface area (Å²) in [5, 5.41) is 6.92. The summed E-state index contributed by atoms with van der Waals surface area (Å²) in [6, 6.07) is 20.7. The standard InChI is InChI=1S/C23H17F2N3O2/c24-17-9-11-20(12-10-17)28-14-21(30-15-16-5-2-1-3-6-16)22(27-28)23(29)26-19-8-4-7-18(25)13-19/h1-14H,15H2,(H,26,29). The van der Waals surface area contributed by atoms with E-state index in [1.54, 1.807) is 12.3 Å². The number of carbonyl (C=O) groups excluding carboxylic acids is 1. The second-order valence-corrected chi connectivity index (χ2v) is 6.50. The molecule has 0 saturated carbocycles. The molecular formula is C23H17F2N3O2. The Bertz CT molecular complexity index is 1160. The summed E-state index contributed by atoms with van der Waals surface area (Å²) in [4.78, 5) is 12.8. The first-order valence-corrected chi connectivity index (χ1v) is 9.18. The molecule has 30 heavy (non-hydrogen) atoms. The molecule has 0 bridgehead atoms. The molecule has 1 heterocycles. The van der Waals surface area contributed by atoms with Crippen LogP contribution in [0, 0.1) is 11.6 Å². The molecule has 1 aromatic heterocycles. The van der Waals surface area contributed by atoms with Gasteiger partial charge in [-0.3, -0.25) is 4.79 Å². The summed E-state index contributed by atoms with van der Waals surface area (Å²) in [7, 11) is 0. The van der Waals surface area contributed by atoms with Crippen LogP contribution in [0.3, 0.4) is 0 Å². The van der Waals surface area contributed by atoms with Crippen molar-refractivity contribution in [3.05, 3.63) is 108 Å². The van der Waals surface area contributed by atoms with E-state index in [-0.39, 0.29) is 23.9 Å². The average molecular weight is 405 g/mol. The van der Waals surface area contributed by atoms with E-state index in [0.717, 1.165) is 5.56 Å². The van der Waals surface area contributed by atoms with E-state index in [1.165, 1.54) is 47.1 Å². The zero-order valence-electron chi connectivity index (χ0n) is 15.8. The number of anilines is 1. The number of nitrogens with one attached hydrogen (secondary N) is 1. The largest absolute Gasteiger partial charge is 0.485 e. The number of hydrogen-bond donors (Lipinski definition) is 1. The highest BCUT2D eigenvalue weighted by Gasteiger charge is 2.20. The highest BCUT2D eigenvalue weighted by atomic mass is 19.1. The molecule has 7 heteroatoms. The van der Waals surface area contributed by atoms with Gasteiger partial charge in [0.15, 0.2) is 11.4 Å². The molecule has 1 amide bonds. The Labute approximate surface area is 171 Å². The molecule has 4 rings (SSSR count). The van der Waals surface area contributed by atoms with E-state index in [4.69, 9.17) is 4.74 Å². The van der Waals surface area contributed by atoms with Gasteiger partial charge in [-0.25, -0.2) is 13.5 Å². The fourth-order valence-electron chi connectivity index (χ4n) is 2.84. The van der Waals surface area contributed by atoms with Gasteiger partial charge in [-0.2, -0.15) is 5.10 Å². The maximum atomic E-state index is 13.4. The lowest BCUT2D eigenvalue weighted by Crippen LogP contribution is -2.14. The van der Waals surface area contributed by atoms with Gasteiger partial charge in [0, 0.05) is 5.69 Å². The van der Waals surface area contributed by atoms with E-state index < -0.39 is 11.7 Å². The third-order valence-electron chi connectivity index (χ3n) is 4.31. The summed E-state index contributed by atoms with van der Waals surface area (Å²) < 4.78 is 34.0. The maximum absolute atomic E-state index is 13.4. The predicted octanol–water partition coefficient (Wildman–Crippen LogP) is 4.98. The summed E-state index contributed by atoms with van der Waals surface area (Å²) in [6.45, 7) is 0.232. The van der Waals surface area contributed by atoms with Gasteiger partial charge < -0.3 is 10.1 Å². The number of benzene rings is 3. The minimum atomic E-state index is -0.551. The molecule has 0 unspecified atom stereocenters. The highest BCUT2D eigenvalue weighted by Crippen LogP contribution is 2.23. The summed E-state index contributed by atoms with van der Waals surface area (Å²) in [6.07, 6.45) is 1.55. The van der Waals surface area contributed by atoms with Gasteiger partial charge in [-0.05, 0) is 48.0 Å². The van der Waals surface area contributed by atoms with Gasteiger partial charge in [0.05, 0.1) is 11.9 Å². The molecule has 0 atom stereocenters. The van der Waals surface area contributed by atoms with Crippen LogP contribution in [0.4, 0.5) is 14.5 Å². The van der Waals surface area contributed by atoms with E-state index in [0.29, 0.717) is 11.4 Å². The van der Waals surface area contributed by atoms with E-state index in [1.807, 2.05) is 30.3 Å². The first kappa shape index (κ1) is 19.3. The molecule has 0 fully saturated rings. The van der Waals surface area contributed by atoms with Crippen LogP contribution < -0.4 is 10.1 Å². The smallest absolute Gasteiger partial charge is 0.280 e. The van der Waals surface area contributed by atoms with Gasteiger partial charge in [-0.15, -0.1) is 0 Å². The molecule has 0 aliphatic carbocycles. The maximum Gasteiger partial charge on any atom is 0.280 e. The van der Waals surface area contributed by atoms with Crippen LogP contribution in [0.5, 0.6) is 5.75 Å².